The van der Waals surface area contributed by atoms with Crippen LogP contribution in [0, 0.1) is 5.41 Å². The van der Waals surface area contributed by atoms with Gasteiger partial charge in [0.1, 0.15) is 11.2 Å². The zero-order valence-electron chi connectivity index (χ0n) is 18.0. The summed E-state index contributed by atoms with van der Waals surface area (Å²) in [6.45, 7) is 11.8. The molecule has 2 amide bonds. The fraction of sp³-hybridized carbons (Fsp3) is 0.882. The third-order valence-corrected chi connectivity index (χ3v) is 5.21. The molecule has 0 aliphatic carbocycles. The molecule has 1 aliphatic rings. The highest BCUT2D eigenvalue weighted by Gasteiger charge is 2.49. The molecule has 1 saturated heterocycles. The lowest BCUT2D eigenvalue weighted by Crippen LogP contribution is -2.66. The summed E-state index contributed by atoms with van der Waals surface area (Å²) in [5.74, 6) is 0. The predicted octanol–water partition coefficient (Wildman–Crippen LogP) is 2.81. The zero-order valence-corrected chi connectivity index (χ0v) is 19.6. The van der Waals surface area contributed by atoms with Crippen LogP contribution < -0.4 is 0 Å². The normalized spacial score (nSPS) is 17.7. The van der Waals surface area contributed by atoms with E-state index in [1.165, 1.54) is 32.5 Å². The number of likely N-dealkylation sites (tertiary alicyclic amines) is 1. The summed E-state index contributed by atoms with van der Waals surface area (Å²) in [5.41, 5.74) is -1.81. The molecule has 1 unspecified atom stereocenters. The van der Waals surface area contributed by atoms with E-state index in [0.717, 1.165) is 0 Å². The van der Waals surface area contributed by atoms with Gasteiger partial charge in [0.25, 0.3) is 0 Å². The Morgan fingerprint density at radius 1 is 1.11 bits per heavy atom. The number of rotatable bonds is 6. The molecule has 0 bridgehead atoms. The molecule has 1 N–H and O–H groups in total. The van der Waals surface area contributed by atoms with Gasteiger partial charge in [0.15, 0.2) is 0 Å². The van der Waals surface area contributed by atoms with Crippen molar-refractivity contribution in [3.63, 3.8) is 0 Å². The Hall–Kier alpha value is -1.04. The molecule has 1 rings (SSSR count). The zero-order chi connectivity index (χ0) is 21.9. The summed E-state index contributed by atoms with van der Waals surface area (Å²) < 4.78 is 34.4. The fourth-order valence-electron chi connectivity index (χ4n) is 2.82. The molecule has 0 aromatic rings. The van der Waals surface area contributed by atoms with E-state index in [9.17, 15) is 18.4 Å². The van der Waals surface area contributed by atoms with Crippen LogP contribution >= 0.6 is 11.9 Å². The van der Waals surface area contributed by atoms with Crippen molar-refractivity contribution in [3.05, 3.63) is 0 Å². The van der Waals surface area contributed by atoms with E-state index in [1.54, 1.807) is 47.8 Å². The average molecular weight is 440 g/mol. The number of carbonyl (C=O) groups excluding carboxylic acids is 2. The van der Waals surface area contributed by atoms with Gasteiger partial charge in [-0.3, -0.25) is 8.86 Å². The van der Waals surface area contributed by atoms with Gasteiger partial charge < -0.3 is 14.4 Å². The maximum Gasteiger partial charge on any atom is 0.420 e. The van der Waals surface area contributed by atoms with E-state index in [-0.39, 0.29) is 13.1 Å². The van der Waals surface area contributed by atoms with Crippen molar-refractivity contribution in [3.8, 4) is 0 Å². The first-order valence-electron chi connectivity index (χ1n) is 8.92. The number of hydrogen-bond acceptors (Lipinski definition) is 6. The number of carbonyl (C=O) groups is 2. The van der Waals surface area contributed by atoms with Crippen molar-refractivity contribution in [1.82, 2.24) is 13.5 Å². The first-order valence-corrected chi connectivity index (χ1v) is 11.2. The highest BCUT2D eigenvalue weighted by Crippen LogP contribution is 2.35. The van der Waals surface area contributed by atoms with Crippen LogP contribution in [-0.4, -0.2) is 85.1 Å². The minimum Gasteiger partial charge on any atom is -0.444 e. The predicted molar refractivity (Wildman–Crippen MR) is 110 cm³/mol. The van der Waals surface area contributed by atoms with E-state index in [0.29, 0.717) is 13.1 Å². The Morgan fingerprint density at radius 2 is 1.61 bits per heavy atom. The van der Waals surface area contributed by atoms with E-state index < -0.39 is 40.1 Å². The largest absolute Gasteiger partial charge is 0.444 e. The molecule has 164 valence electrons. The molecule has 0 saturated carbocycles. The SMILES string of the molecule is CSN(CC1(CN(C)S(=O)O)CN(C(=O)OC(C)(C)C)C1)C(=O)OC(C)(C)C. The Kier molecular flexibility index (Phi) is 8.20. The minimum absolute atomic E-state index is 0.231. The first kappa shape index (κ1) is 25.0. The lowest BCUT2D eigenvalue weighted by molar-refractivity contribution is -0.0452. The van der Waals surface area contributed by atoms with Crippen LogP contribution in [0.1, 0.15) is 41.5 Å². The molecule has 0 spiro atoms. The molecule has 0 aromatic carbocycles. The number of amides is 2. The van der Waals surface area contributed by atoms with Crippen molar-refractivity contribution in [2.24, 2.45) is 5.41 Å². The topological polar surface area (TPSA) is 99.6 Å². The van der Waals surface area contributed by atoms with Gasteiger partial charge >= 0.3 is 12.2 Å². The van der Waals surface area contributed by atoms with Crippen molar-refractivity contribution in [2.75, 3.05) is 39.5 Å². The Labute approximate surface area is 174 Å². The standard InChI is InChI=1S/C17H33N3O6S2/c1-15(2,3)25-13(21)19-10-17(11-19,9-18(7)28(23)24)12-20(27-8)14(22)26-16(4,5)6/h9-12H2,1-8H3,(H,23,24). The van der Waals surface area contributed by atoms with Crippen LogP contribution in [-0.2, 0) is 20.7 Å². The van der Waals surface area contributed by atoms with Crippen LogP contribution in [0.15, 0.2) is 0 Å². The van der Waals surface area contributed by atoms with Gasteiger partial charge in [-0.1, -0.05) is 0 Å². The van der Waals surface area contributed by atoms with E-state index >= 15 is 0 Å². The smallest absolute Gasteiger partial charge is 0.420 e. The fourth-order valence-corrected chi connectivity index (χ4v) is 3.79. The molecule has 0 radical (unpaired) electrons. The Morgan fingerprint density at radius 3 is 2.00 bits per heavy atom. The number of ether oxygens (including phenoxy) is 2. The Bertz CT molecular complexity index is 597. The molecule has 11 heteroatoms. The second kappa shape index (κ2) is 9.19. The highest BCUT2D eigenvalue weighted by atomic mass is 32.2. The van der Waals surface area contributed by atoms with E-state index in [4.69, 9.17) is 9.47 Å². The molecule has 28 heavy (non-hydrogen) atoms. The molecular weight excluding hydrogens is 406 g/mol. The quantitative estimate of drug-likeness (QED) is 0.502. The summed E-state index contributed by atoms with van der Waals surface area (Å²) >= 11 is -0.931. The summed E-state index contributed by atoms with van der Waals surface area (Å²) in [7, 11) is 1.52. The minimum atomic E-state index is -2.15. The molecule has 1 aliphatic heterocycles. The van der Waals surface area contributed by atoms with Gasteiger partial charge in [-0.05, 0) is 53.5 Å². The third kappa shape index (κ3) is 7.76. The van der Waals surface area contributed by atoms with Crippen LogP contribution in [0.2, 0.25) is 0 Å². The van der Waals surface area contributed by atoms with Crippen LogP contribution in [0.3, 0.4) is 0 Å². The van der Waals surface area contributed by atoms with Gasteiger partial charge in [0, 0.05) is 44.9 Å². The third-order valence-electron chi connectivity index (χ3n) is 3.83. The molecular formula is C17H33N3O6S2. The number of nitrogens with zero attached hydrogens (tertiary/aromatic N) is 3. The van der Waals surface area contributed by atoms with Gasteiger partial charge in [-0.2, -0.15) is 0 Å². The molecule has 1 fully saturated rings. The lowest BCUT2D eigenvalue weighted by atomic mass is 9.79. The summed E-state index contributed by atoms with van der Waals surface area (Å²) in [5, 5.41) is 0. The molecule has 0 aromatic heterocycles. The maximum absolute atomic E-state index is 12.5. The maximum atomic E-state index is 12.5. The number of hydrogen-bond donors (Lipinski definition) is 1. The summed E-state index contributed by atoms with van der Waals surface area (Å²) in [4.78, 5) is 26.3. The van der Waals surface area contributed by atoms with Crippen molar-refractivity contribution < 1.29 is 27.8 Å². The monoisotopic (exact) mass is 439 g/mol. The molecule has 9 nitrogen and oxygen atoms in total. The van der Waals surface area contributed by atoms with Gasteiger partial charge in [0.05, 0.1) is 0 Å². The van der Waals surface area contributed by atoms with Gasteiger partial charge in [-0.25, -0.2) is 18.1 Å². The van der Waals surface area contributed by atoms with Crippen LogP contribution in [0.4, 0.5) is 9.59 Å². The van der Waals surface area contributed by atoms with Gasteiger partial charge in [-0.15, -0.1) is 0 Å². The first-order chi connectivity index (χ1) is 12.6. The molecule has 1 atom stereocenters. The lowest BCUT2D eigenvalue weighted by Gasteiger charge is -2.52. The van der Waals surface area contributed by atoms with Crippen molar-refractivity contribution in [2.45, 2.75) is 52.7 Å². The summed E-state index contributed by atoms with van der Waals surface area (Å²) in [6.07, 6.45) is 0.835. The Balaban J connectivity index is 2.91. The van der Waals surface area contributed by atoms with E-state index in [2.05, 4.69) is 0 Å². The second-order valence-electron chi connectivity index (χ2n) is 9.05. The van der Waals surface area contributed by atoms with Crippen LogP contribution in [0.5, 0.6) is 0 Å². The second-order valence-corrected chi connectivity index (χ2v) is 10.9. The van der Waals surface area contributed by atoms with Gasteiger partial charge in [0.2, 0.25) is 11.3 Å². The van der Waals surface area contributed by atoms with E-state index in [1.807, 2.05) is 0 Å². The molecule has 1 heterocycles. The van der Waals surface area contributed by atoms with Crippen molar-refractivity contribution in [1.29, 1.82) is 0 Å². The van der Waals surface area contributed by atoms with Crippen LogP contribution in [0.25, 0.3) is 0 Å². The highest BCUT2D eigenvalue weighted by molar-refractivity contribution is 7.96. The summed E-state index contributed by atoms with van der Waals surface area (Å²) in [6, 6.07) is 0. The average Bonchev–Trinajstić information content (AvgIpc) is 2.44. The van der Waals surface area contributed by atoms with Crippen molar-refractivity contribution >= 4 is 35.4 Å².